The van der Waals surface area contributed by atoms with E-state index in [0.29, 0.717) is 22.7 Å². The molecule has 3 aromatic carbocycles. The molecule has 0 aromatic heterocycles. The van der Waals surface area contributed by atoms with Gasteiger partial charge in [0.25, 0.3) is 15.9 Å². The number of sulfone groups is 1. The molecule has 31 heavy (non-hydrogen) atoms. The first-order valence-corrected chi connectivity index (χ1v) is 12.3. The van der Waals surface area contributed by atoms with Crippen molar-refractivity contribution in [3.05, 3.63) is 78.4 Å². The Morgan fingerprint density at radius 3 is 1.77 bits per heavy atom. The molecule has 0 aliphatic heterocycles. The van der Waals surface area contributed by atoms with Gasteiger partial charge in [-0.1, -0.05) is 0 Å². The van der Waals surface area contributed by atoms with Gasteiger partial charge in [-0.05, 0) is 72.8 Å². The maximum Gasteiger partial charge on any atom is 0.261 e. The van der Waals surface area contributed by atoms with E-state index in [1.165, 1.54) is 67.8 Å². The van der Waals surface area contributed by atoms with Gasteiger partial charge in [-0.15, -0.1) is 0 Å². The molecule has 0 radical (unpaired) electrons. The molecule has 0 aliphatic carbocycles. The second kappa shape index (κ2) is 8.78. The molecule has 0 unspecified atom stereocenters. The minimum atomic E-state index is -3.79. The molecule has 0 saturated carbocycles. The van der Waals surface area contributed by atoms with Crippen molar-refractivity contribution < 1.29 is 26.4 Å². The second-order valence-electron chi connectivity index (χ2n) is 6.61. The zero-order valence-corrected chi connectivity index (χ0v) is 18.3. The van der Waals surface area contributed by atoms with Gasteiger partial charge in [0.05, 0.1) is 16.9 Å². The highest BCUT2D eigenvalue weighted by molar-refractivity contribution is 7.92. The van der Waals surface area contributed by atoms with E-state index in [1.807, 2.05) is 0 Å². The first-order chi connectivity index (χ1) is 14.6. The molecule has 3 aromatic rings. The molecule has 0 saturated heterocycles. The fraction of sp³-hybridized carbons (Fsp3) is 0.0952. The van der Waals surface area contributed by atoms with Crippen LogP contribution in [-0.4, -0.2) is 36.1 Å². The fourth-order valence-electron chi connectivity index (χ4n) is 2.65. The molecule has 0 atom stereocenters. The van der Waals surface area contributed by atoms with Gasteiger partial charge in [0.1, 0.15) is 5.75 Å². The van der Waals surface area contributed by atoms with E-state index in [9.17, 15) is 21.6 Å². The molecule has 1 amide bonds. The van der Waals surface area contributed by atoms with Crippen LogP contribution in [0.3, 0.4) is 0 Å². The summed E-state index contributed by atoms with van der Waals surface area (Å²) in [6.45, 7) is 0. The number of carbonyl (C=O) groups excluding carboxylic acids is 1. The standard InChI is InChI=1S/C21H20N2O6S2/c1-29-18-9-13-20(14-10-18)31(27,28)23-17-5-3-15(4-6-17)21(24)22-16-7-11-19(12-8-16)30(2,25)26/h3-14,23H,1-2H3,(H,22,24). The van der Waals surface area contributed by atoms with E-state index in [4.69, 9.17) is 4.74 Å². The van der Waals surface area contributed by atoms with Gasteiger partial charge in [-0.2, -0.15) is 0 Å². The number of rotatable bonds is 7. The Hall–Kier alpha value is -3.37. The lowest BCUT2D eigenvalue weighted by atomic mass is 10.2. The number of ether oxygens (including phenoxy) is 1. The summed E-state index contributed by atoms with van der Waals surface area (Å²) >= 11 is 0. The summed E-state index contributed by atoms with van der Waals surface area (Å²) in [7, 11) is -5.62. The predicted octanol–water partition coefficient (Wildman–Crippen LogP) is 3.15. The van der Waals surface area contributed by atoms with Crippen LogP contribution in [0.2, 0.25) is 0 Å². The van der Waals surface area contributed by atoms with Crippen molar-refractivity contribution in [1.82, 2.24) is 0 Å². The van der Waals surface area contributed by atoms with Crippen LogP contribution in [0.1, 0.15) is 10.4 Å². The number of carbonyl (C=O) groups is 1. The van der Waals surface area contributed by atoms with Crippen molar-refractivity contribution in [3.63, 3.8) is 0 Å². The average Bonchev–Trinajstić information content (AvgIpc) is 2.74. The lowest BCUT2D eigenvalue weighted by Crippen LogP contribution is -2.14. The summed E-state index contributed by atoms with van der Waals surface area (Å²) in [6, 6.07) is 17.6. The molecule has 0 fully saturated rings. The lowest BCUT2D eigenvalue weighted by molar-refractivity contribution is 0.102. The Labute approximate surface area is 180 Å². The fourth-order valence-corrected chi connectivity index (χ4v) is 4.34. The van der Waals surface area contributed by atoms with Crippen LogP contribution in [0.15, 0.2) is 82.6 Å². The lowest BCUT2D eigenvalue weighted by Gasteiger charge is -2.10. The van der Waals surface area contributed by atoms with Crippen LogP contribution < -0.4 is 14.8 Å². The van der Waals surface area contributed by atoms with E-state index in [-0.39, 0.29) is 9.79 Å². The summed E-state index contributed by atoms with van der Waals surface area (Å²) in [4.78, 5) is 12.6. The summed E-state index contributed by atoms with van der Waals surface area (Å²) in [5.74, 6) is 0.122. The largest absolute Gasteiger partial charge is 0.497 e. The summed E-state index contributed by atoms with van der Waals surface area (Å²) in [6.07, 6.45) is 1.10. The van der Waals surface area contributed by atoms with E-state index in [0.717, 1.165) is 6.26 Å². The average molecular weight is 461 g/mol. The number of hydrogen-bond donors (Lipinski definition) is 2. The Kier molecular flexibility index (Phi) is 6.32. The number of anilines is 2. The van der Waals surface area contributed by atoms with E-state index in [2.05, 4.69) is 10.0 Å². The SMILES string of the molecule is COc1ccc(S(=O)(=O)Nc2ccc(C(=O)Nc3ccc(S(C)(=O)=O)cc3)cc2)cc1. The minimum absolute atomic E-state index is 0.0765. The molecule has 0 aliphatic rings. The van der Waals surface area contributed by atoms with Crippen molar-refractivity contribution in [1.29, 1.82) is 0 Å². The molecular weight excluding hydrogens is 440 g/mol. The molecule has 3 rings (SSSR count). The number of nitrogens with one attached hydrogen (secondary N) is 2. The molecular formula is C21H20N2O6S2. The zero-order chi connectivity index (χ0) is 22.6. The summed E-state index contributed by atoms with van der Waals surface area (Å²) < 4.78 is 55.4. The quantitative estimate of drug-likeness (QED) is 0.559. The van der Waals surface area contributed by atoms with Crippen LogP contribution in [0.25, 0.3) is 0 Å². The van der Waals surface area contributed by atoms with Gasteiger partial charge in [0.15, 0.2) is 9.84 Å². The molecule has 2 N–H and O–H groups in total. The smallest absolute Gasteiger partial charge is 0.261 e. The Morgan fingerprint density at radius 2 is 1.26 bits per heavy atom. The molecule has 0 bridgehead atoms. The predicted molar refractivity (Wildman–Crippen MR) is 118 cm³/mol. The van der Waals surface area contributed by atoms with Gasteiger partial charge in [0, 0.05) is 23.2 Å². The normalized spacial score (nSPS) is 11.5. The Bertz CT molecular complexity index is 1280. The van der Waals surface area contributed by atoms with E-state index < -0.39 is 25.8 Å². The van der Waals surface area contributed by atoms with Crippen molar-refractivity contribution in [2.24, 2.45) is 0 Å². The third kappa shape index (κ3) is 5.62. The van der Waals surface area contributed by atoms with Crippen molar-refractivity contribution in [2.45, 2.75) is 9.79 Å². The first kappa shape index (κ1) is 22.3. The highest BCUT2D eigenvalue weighted by Gasteiger charge is 2.15. The highest BCUT2D eigenvalue weighted by atomic mass is 32.2. The molecule has 162 valence electrons. The number of amides is 1. The first-order valence-electron chi connectivity index (χ1n) is 8.97. The highest BCUT2D eigenvalue weighted by Crippen LogP contribution is 2.20. The van der Waals surface area contributed by atoms with Gasteiger partial charge >= 0.3 is 0 Å². The third-order valence-electron chi connectivity index (χ3n) is 4.31. The van der Waals surface area contributed by atoms with Gasteiger partial charge in [-0.3, -0.25) is 9.52 Å². The van der Waals surface area contributed by atoms with Crippen molar-refractivity contribution in [3.8, 4) is 5.75 Å². The third-order valence-corrected chi connectivity index (χ3v) is 6.84. The van der Waals surface area contributed by atoms with Crippen LogP contribution in [0.5, 0.6) is 5.75 Å². The number of methoxy groups -OCH3 is 1. The Balaban J connectivity index is 1.68. The molecule has 10 heteroatoms. The van der Waals surface area contributed by atoms with E-state index in [1.54, 1.807) is 12.1 Å². The van der Waals surface area contributed by atoms with Gasteiger partial charge in [-0.25, -0.2) is 16.8 Å². The molecule has 8 nitrogen and oxygen atoms in total. The maximum absolute atomic E-state index is 12.5. The van der Waals surface area contributed by atoms with Crippen molar-refractivity contribution >= 4 is 37.1 Å². The monoisotopic (exact) mass is 460 g/mol. The Morgan fingerprint density at radius 1 is 0.742 bits per heavy atom. The maximum atomic E-state index is 12.5. The molecule has 0 spiro atoms. The summed E-state index contributed by atoms with van der Waals surface area (Å²) in [5, 5.41) is 2.66. The minimum Gasteiger partial charge on any atom is -0.497 e. The van der Waals surface area contributed by atoms with Crippen LogP contribution in [0, 0.1) is 0 Å². The second-order valence-corrected chi connectivity index (χ2v) is 10.3. The number of benzene rings is 3. The van der Waals surface area contributed by atoms with Crippen LogP contribution in [0.4, 0.5) is 11.4 Å². The summed E-state index contributed by atoms with van der Waals surface area (Å²) in [5.41, 5.74) is 1.03. The van der Waals surface area contributed by atoms with Gasteiger partial charge < -0.3 is 10.1 Å². The zero-order valence-electron chi connectivity index (χ0n) is 16.7. The number of hydrogen-bond acceptors (Lipinski definition) is 6. The van der Waals surface area contributed by atoms with Crippen LogP contribution in [-0.2, 0) is 19.9 Å². The van der Waals surface area contributed by atoms with E-state index >= 15 is 0 Å². The van der Waals surface area contributed by atoms with Crippen molar-refractivity contribution in [2.75, 3.05) is 23.4 Å². The van der Waals surface area contributed by atoms with Crippen LogP contribution >= 0.6 is 0 Å². The topological polar surface area (TPSA) is 119 Å². The van der Waals surface area contributed by atoms with Gasteiger partial charge in [0.2, 0.25) is 0 Å². The molecule has 0 heterocycles. The number of sulfonamides is 1.